The number of rotatable bonds is 5. The Bertz CT molecular complexity index is 1010. The van der Waals surface area contributed by atoms with Gasteiger partial charge in [-0.2, -0.15) is 16.8 Å². The summed E-state index contributed by atoms with van der Waals surface area (Å²) in [5.41, 5.74) is 4.67. The molecule has 2 aromatic carbocycles. The third-order valence-corrected chi connectivity index (χ3v) is 5.87. The van der Waals surface area contributed by atoms with Gasteiger partial charge in [-0.15, -0.1) is 0 Å². The number of thioether (sulfide) groups is 1. The first-order valence-corrected chi connectivity index (χ1v) is 10.7. The molecule has 5 heteroatoms. The number of nitrogens with zero attached hydrogens (tertiary/aromatic N) is 2. The predicted octanol–water partition coefficient (Wildman–Crippen LogP) is 4.82. The van der Waals surface area contributed by atoms with Gasteiger partial charge < -0.3 is 4.57 Å². The molecule has 0 aliphatic heterocycles. The molecule has 0 fully saturated rings. The molecule has 1 heterocycles. The van der Waals surface area contributed by atoms with E-state index in [4.69, 9.17) is 0 Å². The second-order valence-corrected chi connectivity index (χ2v) is 8.12. The Morgan fingerprint density at radius 3 is 2.65 bits per heavy atom. The van der Waals surface area contributed by atoms with E-state index in [2.05, 4.69) is 41.8 Å². The normalized spacial score (nSPS) is 12.3. The van der Waals surface area contributed by atoms with E-state index < -0.39 is 0 Å². The number of carbonyl (C=O) groups is 1. The lowest BCUT2D eigenvalue weighted by atomic mass is 10.1. The number of thiazole rings is 1. The average molecular weight is 383 g/mol. The van der Waals surface area contributed by atoms with Crippen LogP contribution in [0.5, 0.6) is 0 Å². The van der Waals surface area contributed by atoms with E-state index in [1.807, 2.05) is 30.3 Å². The van der Waals surface area contributed by atoms with Gasteiger partial charge in [-0.3, -0.25) is 4.79 Å². The van der Waals surface area contributed by atoms with Crippen LogP contribution in [0.2, 0.25) is 0 Å². The van der Waals surface area contributed by atoms with E-state index in [-0.39, 0.29) is 5.91 Å². The van der Waals surface area contributed by atoms with Crippen molar-refractivity contribution in [3.8, 4) is 0 Å². The Hall–Kier alpha value is -2.11. The highest BCUT2D eigenvalue weighted by Crippen LogP contribution is 2.22. The van der Waals surface area contributed by atoms with Crippen molar-refractivity contribution in [2.24, 2.45) is 4.99 Å². The molecule has 0 aliphatic rings. The van der Waals surface area contributed by atoms with Crippen LogP contribution in [0, 0.1) is 13.8 Å². The molecule has 0 spiro atoms. The molecule has 0 atom stereocenters. The quantitative estimate of drug-likeness (QED) is 0.593. The second-order valence-electron chi connectivity index (χ2n) is 6.13. The lowest BCUT2D eigenvalue weighted by Crippen LogP contribution is -2.17. The number of amides is 1. The van der Waals surface area contributed by atoms with Crippen LogP contribution < -0.4 is 4.80 Å². The van der Waals surface area contributed by atoms with Gasteiger partial charge in [0.1, 0.15) is 0 Å². The van der Waals surface area contributed by atoms with E-state index in [1.165, 1.54) is 21.9 Å². The molecular weight excluding hydrogens is 360 g/mol. The standard InChI is InChI=1S/C21H22N2OS2/c1-15-13-18-19(14-16(15)2)26-21(23(18)11-12-25-3)22-20(24)10-9-17-7-5-4-6-8-17/h4-10,13-14H,11-12H2,1-3H3/b10-9+,22-21?. The molecule has 0 bridgehead atoms. The summed E-state index contributed by atoms with van der Waals surface area (Å²) in [5.74, 6) is 0.756. The number of benzene rings is 2. The molecular formula is C21H22N2OS2. The highest BCUT2D eigenvalue weighted by atomic mass is 32.2. The summed E-state index contributed by atoms with van der Waals surface area (Å²) >= 11 is 3.37. The minimum Gasteiger partial charge on any atom is -0.315 e. The Morgan fingerprint density at radius 2 is 1.92 bits per heavy atom. The van der Waals surface area contributed by atoms with E-state index >= 15 is 0 Å². The zero-order valence-corrected chi connectivity index (χ0v) is 16.9. The van der Waals surface area contributed by atoms with Gasteiger partial charge in [-0.25, -0.2) is 0 Å². The van der Waals surface area contributed by atoms with Crippen molar-refractivity contribution in [2.45, 2.75) is 20.4 Å². The maximum absolute atomic E-state index is 12.4. The van der Waals surface area contributed by atoms with Crippen molar-refractivity contribution < 1.29 is 4.79 Å². The molecule has 134 valence electrons. The van der Waals surface area contributed by atoms with E-state index in [0.29, 0.717) is 0 Å². The van der Waals surface area contributed by atoms with Crippen LogP contribution in [0.3, 0.4) is 0 Å². The van der Waals surface area contributed by atoms with Gasteiger partial charge >= 0.3 is 0 Å². The number of carbonyl (C=O) groups excluding carboxylic acids is 1. The molecule has 1 aromatic heterocycles. The Balaban J connectivity index is 2.00. The fourth-order valence-corrected chi connectivity index (χ4v) is 4.18. The Kier molecular flexibility index (Phi) is 6.12. The van der Waals surface area contributed by atoms with Crippen molar-refractivity contribution in [2.75, 3.05) is 12.0 Å². The zero-order chi connectivity index (χ0) is 18.5. The summed E-state index contributed by atoms with van der Waals surface area (Å²) in [5, 5.41) is 0. The molecule has 1 amide bonds. The lowest BCUT2D eigenvalue weighted by Gasteiger charge is -2.05. The highest BCUT2D eigenvalue weighted by Gasteiger charge is 2.09. The largest absolute Gasteiger partial charge is 0.315 e. The van der Waals surface area contributed by atoms with Crippen molar-refractivity contribution in [3.05, 3.63) is 70.0 Å². The number of fused-ring (bicyclic) bond motifs is 1. The van der Waals surface area contributed by atoms with E-state index in [1.54, 1.807) is 29.2 Å². The van der Waals surface area contributed by atoms with E-state index in [0.717, 1.165) is 28.2 Å². The molecule has 0 unspecified atom stereocenters. The lowest BCUT2D eigenvalue weighted by molar-refractivity contribution is -0.113. The van der Waals surface area contributed by atoms with Gasteiger partial charge in [0.2, 0.25) is 0 Å². The molecule has 0 N–H and O–H groups in total. The van der Waals surface area contributed by atoms with Crippen LogP contribution in [0.4, 0.5) is 0 Å². The van der Waals surface area contributed by atoms with Gasteiger partial charge in [-0.05, 0) is 55.0 Å². The number of hydrogen-bond acceptors (Lipinski definition) is 3. The molecule has 3 aromatic rings. The molecule has 0 saturated heterocycles. The van der Waals surface area contributed by atoms with Crippen molar-refractivity contribution >= 4 is 45.3 Å². The van der Waals surface area contributed by atoms with Crippen LogP contribution in [-0.2, 0) is 11.3 Å². The van der Waals surface area contributed by atoms with Crippen LogP contribution in [0.15, 0.2) is 53.5 Å². The second kappa shape index (κ2) is 8.52. The topological polar surface area (TPSA) is 34.4 Å². The number of aryl methyl sites for hydroxylation is 3. The summed E-state index contributed by atoms with van der Waals surface area (Å²) in [6.07, 6.45) is 5.43. The summed E-state index contributed by atoms with van der Waals surface area (Å²) in [6, 6.07) is 14.2. The Morgan fingerprint density at radius 1 is 1.19 bits per heavy atom. The molecule has 0 saturated carbocycles. The summed E-state index contributed by atoms with van der Waals surface area (Å²) in [7, 11) is 0. The fraction of sp³-hybridized carbons (Fsp3) is 0.238. The predicted molar refractivity (Wildman–Crippen MR) is 114 cm³/mol. The number of aromatic nitrogens is 1. The molecule has 0 aliphatic carbocycles. The molecule has 3 nitrogen and oxygen atoms in total. The molecule has 0 radical (unpaired) electrons. The van der Waals surface area contributed by atoms with Gasteiger partial charge in [0, 0.05) is 18.4 Å². The van der Waals surface area contributed by atoms with Gasteiger partial charge in [0.25, 0.3) is 5.91 Å². The third-order valence-electron chi connectivity index (χ3n) is 4.24. The Labute approximate surface area is 162 Å². The van der Waals surface area contributed by atoms with Gasteiger partial charge in [0.15, 0.2) is 4.80 Å². The smallest absolute Gasteiger partial charge is 0.272 e. The average Bonchev–Trinajstić information content (AvgIpc) is 2.95. The van der Waals surface area contributed by atoms with Gasteiger partial charge in [0.05, 0.1) is 10.2 Å². The van der Waals surface area contributed by atoms with Gasteiger partial charge in [-0.1, -0.05) is 41.7 Å². The first-order chi connectivity index (χ1) is 12.6. The minimum atomic E-state index is -0.230. The van der Waals surface area contributed by atoms with E-state index in [9.17, 15) is 4.79 Å². The van der Waals surface area contributed by atoms with Crippen molar-refractivity contribution in [3.63, 3.8) is 0 Å². The third kappa shape index (κ3) is 4.34. The van der Waals surface area contributed by atoms with Crippen LogP contribution in [0.25, 0.3) is 16.3 Å². The van der Waals surface area contributed by atoms with Crippen molar-refractivity contribution in [1.82, 2.24) is 4.57 Å². The first kappa shape index (κ1) is 18.7. The molecule has 26 heavy (non-hydrogen) atoms. The van der Waals surface area contributed by atoms with Crippen LogP contribution >= 0.6 is 23.1 Å². The SMILES string of the molecule is CSCCn1c(=NC(=O)/C=C/c2ccccc2)sc2cc(C)c(C)cc21. The molecule has 3 rings (SSSR count). The fourth-order valence-electron chi connectivity index (χ4n) is 2.67. The maximum atomic E-state index is 12.4. The zero-order valence-electron chi connectivity index (χ0n) is 15.2. The maximum Gasteiger partial charge on any atom is 0.272 e. The minimum absolute atomic E-state index is 0.230. The first-order valence-electron chi connectivity index (χ1n) is 8.50. The number of hydrogen-bond donors (Lipinski definition) is 0. The van der Waals surface area contributed by atoms with Crippen LogP contribution in [0.1, 0.15) is 16.7 Å². The monoisotopic (exact) mass is 382 g/mol. The summed E-state index contributed by atoms with van der Waals surface area (Å²) in [6.45, 7) is 5.08. The van der Waals surface area contributed by atoms with Crippen LogP contribution in [-0.4, -0.2) is 22.5 Å². The summed E-state index contributed by atoms with van der Waals surface area (Å²) in [4.78, 5) is 17.5. The highest BCUT2D eigenvalue weighted by molar-refractivity contribution is 7.98. The summed E-state index contributed by atoms with van der Waals surface area (Å²) < 4.78 is 3.34. The van der Waals surface area contributed by atoms with Crippen molar-refractivity contribution in [1.29, 1.82) is 0 Å².